The predicted molar refractivity (Wildman–Crippen MR) is 125 cm³/mol. The summed E-state index contributed by atoms with van der Waals surface area (Å²) in [6.07, 6.45) is -0.817. The van der Waals surface area contributed by atoms with Gasteiger partial charge in [0.25, 0.3) is 0 Å². The van der Waals surface area contributed by atoms with Crippen LogP contribution in [0.2, 0.25) is 0 Å². The number of aromatic nitrogens is 2. The lowest BCUT2D eigenvalue weighted by Gasteiger charge is -2.16. The van der Waals surface area contributed by atoms with Gasteiger partial charge in [0.05, 0.1) is 18.2 Å². The van der Waals surface area contributed by atoms with Gasteiger partial charge in [-0.05, 0) is 55.2 Å². The van der Waals surface area contributed by atoms with E-state index < -0.39 is 11.7 Å². The number of carbonyl (C=O) groups excluding carboxylic acids is 2. The Balaban J connectivity index is 1.40. The molecule has 0 atom stereocenters. The summed E-state index contributed by atoms with van der Waals surface area (Å²) in [7, 11) is 1.46. The highest BCUT2D eigenvalue weighted by Gasteiger charge is 2.52. The molecule has 1 fully saturated rings. The summed E-state index contributed by atoms with van der Waals surface area (Å²) < 4.78 is 41.1. The molecule has 3 aromatic rings. The number of ketones is 1. The van der Waals surface area contributed by atoms with Gasteiger partial charge < -0.3 is 19.5 Å². The van der Waals surface area contributed by atoms with Crippen molar-refractivity contribution in [2.45, 2.75) is 44.8 Å². The average Bonchev–Trinajstić information content (AvgIpc) is 3.57. The van der Waals surface area contributed by atoms with Crippen LogP contribution >= 0.6 is 0 Å². The van der Waals surface area contributed by atoms with Crippen LogP contribution in [0.25, 0.3) is 11.3 Å². The topological polar surface area (TPSA) is 99.6 Å². The van der Waals surface area contributed by atoms with Crippen molar-refractivity contribution in [3.63, 3.8) is 0 Å². The third kappa shape index (κ3) is 4.34. The Kier molecular flexibility index (Phi) is 5.61. The van der Waals surface area contributed by atoms with Crippen LogP contribution in [0.1, 0.15) is 36.6 Å². The lowest BCUT2D eigenvalue weighted by Crippen LogP contribution is -2.26. The molecular formula is C26H23F2N3O5. The van der Waals surface area contributed by atoms with Gasteiger partial charge in [-0.25, -0.2) is 4.98 Å². The van der Waals surface area contributed by atoms with Gasteiger partial charge in [-0.2, -0.15) is 0 Å². The van der Waals surface area contributed by atoms with Crippen molar-refractivity contribution >= 4 is 17.4 Å². The zero-order chi connectivity index (χ0) is 25.7. The van der Waals surface area contributed by atoms with E-state index in [2.05, 4.69) is 19.8 Å². The van der Waals surface area contributed by atoms with Crippen LogP contribution in [0.15, 0.2) is 42.6 Å². The molecule has 1 amide bonds. The second kappa shape index (κ2) is 8.54. The molecule has 0 unspecified atom stereocenters. The molecule has 2 aromatic heterocycles. The van der Waals surface area contributed by atoms with Crippen molar-refractivity contribution in [1.82, 2.24) is 9.97 Å². The minimum absolute atomic E-state index is 0.0522. The summed E-state index contributed by atoms with van der Waals surface area (Å²) in [5, 5.41) is 2.70. The molecule has 186 valence electrons. The zero-order valence-corrected chi connectivity index (χ0v) is 19.9. The molecule has 36 heavy (non-hydrogen) atoms. The number of amides is 1. The molecular weight excluding hydrogens is 472 g/mol. The van der Waals surface area contributed by atoms with E-state index in [0.29, 0.717) is 41.0 Å². The maximum atomic E-state index is 13.4. The molecule has 1 aliphatic heterocycles. The van der Waals surface area contributed by atoms with Gasteiger partial charge in [-0.3, -0.25) is 14.6 Å². The lowest BCUT2D eigenvalue weighted by molar-refractivity contribution is -0.286. The number of hydrogen-bond acceptors (Lipinski definition) is 7. The maximum absolute atomic E-state index is 13.4. The number of nitrogens with zero attached hydrogens (tertiary/aromatic N) is 2. The molecule has 1 N–H and O–H groups in total. The van der Waals surface area contributed by atoms with Crippen LogP contribution < -0.4 is 19.5 Å². The molecule has 3 heterocycles. The standard InChI is InChI=1S/C26H23F2N3O5/c1-14-4-6-18(31-23(14)16-10-19(30-15(2)32)24(34-3)29-13-16)12-22(33)25(8-9-25)17-5-7-20-21(11-17)36-26(27,28)35-20/h4-7,10-11,13H,8-9,12H2,1-3H3,(H,30,32). The zero-order valence-electron chi connectivity index (χ0n) is 19.9. The number of fused-ring (bicyclic) bond motifs is 1. The number of ether oxygens (including phenoxy) is 3. The number of alkyl halides is 2. The molecule has 0 spiro atoms. The smallest absolute Gasteiger partial charge is 0.480 e. The monoisotopic (exact) mass is 495 g/mol. The maximum Gasteiger partial charge on any atom is 0.586 e. The highest BCUT2D eigenvalue weighted by atomic mass is 19.3. The van der Waals surface area contributed by atoms with Gasteiger partial charge in [-0.1, -0.05) is 12.1 Å². The fourth-order valence-electron chi connectivity index (χ4n) is 4.42. The number of Topliss-reactive ketones (excluding diaryl/α,β-unsaturated/α-hetero) is 1. The Morgan fingerprint density at radius 2 is 1.86 bits per heavy atom. The number of methoxy groups -OCH3 is 1. The first-order valence-corrected chi connectivity index (χ1v) is 11.3. The van der Waals surface area contributed by atoms with E-state index in [1.165, 1.54) is 26.2 Å². The molecule has 1 saturated carbocycles. The second-order valence-corrected chi connectivity index (χ2v) is 8.94. The van der Waals surface area contributed by atoms with E-state index >= 15 is 0 Å². The molecule has 0 bridgehead atoms. The van der Waals surface area contributed by atoms with Crippen LogP contribution in [0.4, 0.5) is 14.5 Å². The third-order valence-electron chi connectivity index (χ3n) is 6.36. The number of pyridine rings is 2. The van der Waals surface area contributed by atoms with Crippen molar-refractivity contribution in [2.24, 2.45) is 0 Å². The van der Waals surface area contributed by atoms with E-state index in [4.69, 9.17) is 9.72 Å². The van der Waals surface area contributed by atoms with Crippen molar-refractivity contribution < 1.29 is 32.6 Å². The van der Waals surface area contributed by atoms with E-state index in [9.17, 15) is 18.4 Å². The summed E-state index contributed by atoms with van der Waals surface area (Å²) in [6, 6.07) is 9.88. The van der Waals surface area contributed by atoms with E-state index in [1.54, 1.807) is 24.4 Å². The Labute approximate surface area is 205 Å². The molecule has 1 aliphatic carbocycles. The number of carbonyl (C=O) groups is 2. The Morgan fingerprint density at radius 1 is 1.11 bits per heavy atom. The van der Waals surface area contributed by atoms with Gasteiger partial charge in [0.1, 0.15) is 11.5 Å². The molecule has 1 aromatic carbocycles. The molecule has 2 aliphatic rings. The number of aryl methyl sites for hydroxylation is 1. The second-order valence-electron chi connectivity index (χ2n) is 8.94. The SMILES string of the molecule is COc1ncc(-c2nc(CC(=O)C3(c4ccc5c(c4)OC(F)(F)O5)CC3)ccc2C)cc1NC(C)=O. The summed E-state index contributed by atoms with van der Waals surface area (Å²) in [6.45, 7) is 3.28. The first kappa shape index (κ1) is 23.7. The van der Waals surface area contributed by atoms with Gasteiger partial charge in [0.2, 0.25) is 11.8 Å². The average molecular weight is 495 g/mol. The number of anilines is 1. The summed E-state index contributed by atoms with van der Waals surface area (Å²) in [5.41, 5.74) is 2.99. The summed E-state index contributed by atoms with van der Waals surface area (Å²) >= 11 is 0. The fraction of sp³-hybridized carbons (Fsp3) is 0.308. The van der Waals surface area contributed by atoms with Crippen LogP contribution in [-0.4, -0.2) is 35.1 Å². The molecule has 0 radical (unpaired) electrons. The third-order valence-corrected chi connectivity index (χ3v) is 6.36. The van der Waals surface area contributed by atoms with Crippen molar-refractivity contribution in [3.8, 4) is 28.6 Å². The van der Waals surface area contributed by atoms with Gasteiger partial charge in [0.15, 0.2) is 11.5 Å². The first-order valence-electron chi connectivity index (χ1n) is 11.3. The van der Waals surface area contributed by atoms with E-state index in [-0.39, 0.29) is 35.5 Å². The molecule has 8 nitrogen and oxygen atoms in total. The minimum Gasteiger partial charge on any atom is -0.480 e. The fourth-order valence-corrected chi connectivity index (χ4v) is 4.42. The Bertz CT molecular complexity index is 1390. The highest BCUT2D eigenvalue weighted by molar-refractivity contribution is 5.95. The van der Waals surface area contributed by atoms with Gasteiger partial charge in [-0.15, -0.1) is 8.78 Å². The Morgan fingerprint density at radius 3 is 2.56 bits per heavy atom. The Hall–Kier alpha value is -4.08. The first-order chi connectivity index (χ1) is 17.1. The normalized spacial score (nSPS) is 16.4. The van der Waals surface area contributed by atoms with E-state index in [0.717, 1.165) is 5.56 Å². The van der Waals surface area contributed by atoms with Crippen molar-refractivity contribution in [1.29, 1.82) is 0 Å². The number of rotatable bonds is 7. The predicted octanol–water partition coefficient (Wildman–Crippen LogP) is 4.58. The number of hydrogen-bond donors (Lipinski definition) is 1. The number of halogens is 2. The molecule has 0 saturated heterocycles. The van der Waals surface area contributed by atoms with Crippen LogP contribution in [0, 0.1) is 6.92 Å². The number of benzene rings is 1. The van der Waals surface area contributed by atoms with Crippen LogP contribution in [0.5, 0.6) is 17.4 Å². The number of nitrogens with one attached hydrogen (secondary N) is 1. The van der Waals surface area contributed by atoms with E-state index in [1.807, 2.05) is 13.0 Å². The van der Waals surface area contributed by atoms with Crippen LogP contribution in [-0.2, 0) is 21.4 Å². The summed E-state index contributed by atoms with van der Waals surface area (Å²) in [5.74, 6) is -0.173. The largest absolute Gasteiger partial charge is 0.586 e. The lowest BCUT2D eigenvalue weighted by atomic mass is 9.88. The van der Waals surface area contributed by atoms with Crippen molar-refractivity contribution in [3.05, 3.63) is 59.4 Å². The molecule has 5 rings (SSSR count). The van der Waals surface area contributed by atoms with Gasteiger partial charge >= 0.3 is 6.29 Å². The highest BCUT2D eigenvalue weighted by Crippen LogP contribution is 2.52. The molecule has 10 heteroatoms. The quantitative estimate of drug-likeness (QED) is 0.512. The van der Waals surface area contributed by atoms with Gasteiger partial charge in [0, 0.05) is 30.8 Å². The minimum atomic E-state index is -3.71. The van der Waals surface area contributed by atoms with Crippen LogP contribution in [0.3, 0.4) is 0 Å². The summed E-state index contributed by atoms with van der Waals surface area (Å²) in [4.78, 5) is 33.9. The van der Waals surface area contributed by atoms with Crippen molar-refractivity contribution in [2.75, 3.05) is 12.4 Å².